The van der Waals surface area contributed by atoms with Gasteiger partial charge in [-0.1, -0.05) is 15.9 Å². The molecule has 0 aliphatic carbocycles. The zero-order valence-electron chi connectivity index (χ0n) is 8.94. The van der Waals surface area contributed by atoms with Crippen molar-refractivity contribution < 1.29 is 4.79 Å². The van der Waals surface area contributed by atoms with E-state index in [4.69, 9.17) is 0 Å². The van der Waals surface area contributed by atoms with Crippen molar-refractivity contribution in [1.29, 1.82) is 0 Å². The lowest BCUT2D eigenvalue weighted by atomic mass is 9.98. The van der Waals surface area contributed by atoms with Crippen molar-refractivity contribution >= 4 is 33.2 Å². The molecule has 0 aromatic heterocycles. The molecule has 2 N–H and O–H groups in total. The maximum atomic E-state index is 11.8. The lowest BCUT2D eigenvalue weighted by Gasteiger charge is -2.33. The first-order valence-electron chi connectivity index (χ1n) is 4.80. The van der Waals surface area contributed by atoms with Gasteiger partial charge in [-0.25, -0.2) is 0 Å². The summed E-state index contributed by atoms with van der Waals surface area (Å²) >= 11 is 3.44. The van der Waals surface area contributed by atoms with Crippen LogP contribution in [0.3, 0.4) is 0 Å². The van der Waals surface area contributed by atoms with Crippen LogP contribution in [0.1, 0.15) is 19.4 Å². The Kier molecular flexibility index (Phi) is 2.26. The van der Waals surface area contributed by atoms with Gasteiger partial charge in [0, 0.05) is 4.47 Å². The van der Waals surface area contributed by atoms with E-state index < -0.39 is 5.54 Å². The summed E-state index contributed by atoms with van der Waals surface area (Å²) in [4.78, 5) is 11.8. The van der Waals surface area contributed by atoms with Crippen molar-refractivity contribution in [2.24, 2.45) is 0 Å². The SMILES string of the molecule is Cc1c(Br)ccc2c1NC(=O)C(C)(C)N2. The molecule has 0 radical (unpaired) electrons. The molecule has 0 bridgehead atoms. The summed E-state index contributed by atoms with van der Waals surface area (Å²) in [5, 5.41) is 6.15. The van der Waals surface area contributed by atoms with Crippen molar-refractivity contribution in [3.8, 4) is 0 Å². The van der Waals surface area contributed by atoms with Gasteiger partial charge in [0.25, 0.3) is 0 Å². The first-order valence-corrected chi connectivity index (χ1v) is 5.60. The van der Waals surface area contributed by atoms with Crippen LogP contribution in [0.15, 0.2) is 16.6 Å². The number of benzene rings is 1. The van der Waals surface area contributed by atoms with Crippen molar-refractivity contribution in [3.63, 3.8) is 0 Å². The molecule has 1 aromatic rings. The smallest absolute Gasteiger partial charge is 0.249 e. The summed E-state index contributed by atoms with van der Waals surface area (Å²) in [6.45, 7) is 5.70. The maximum Gasteiger partial charge on any atom is 0.249 e. The molecular weight excluding hydrogens is 256 g/mol. The van der Waals surface area contributed by atoms with Crippen LogP contribution in [0, 0.1) is 6.92 Å². The van der Waals surface area contributed by atoms with Gasteiger partial charge < -0.3 is 10.6 Å². The molecule has 0 atom stereocenters. The molecule has 1 aliphatic heterocycles. The summed E-state index contributed by atoms with van der Waals surface area (Å²) in [6.07, 6.45) is 0. The van der Waals surface area contributed by atoms with Gasteiger partial charge in [-0.2, -0.15) is 0 Å². The van der Waals surface area contributed by atoms with E-state index in [0.717, 1.165) is 21.4 Å². The van der Waals surface area contributed by atoms with Gasteiger partial charge in [-0.3, -0.25) is 4.79 Å². The second-order valence-electron chi connectivity index (χ2n) is 4.30. The Labute approximate surface area is 97.4 Å². The van der Waals surface area contributed by atoms with Crippen molar-refractivity contribution in [3.05, 3.63) is 22.2 Å². The molecule has 0 unspecified atom stereocenters. The fourth-order valence-corrected chi connectivity index (χ4v) is 1.95. The largest absolute Gasteiger partial charge is 0.370 e. The van der Waals surface area contributed by atoms with Crippen molar-refractivity contribution in [2.45, 2.75) is 26.3 Å². The summed E-state index contributed by atoms with van der Waals surface area (Å²) in [6, 6.07) is 3.95. The number of halogens is 1. The molecular formula is C11H13BrN2O. The third-order valence-corrected chi connectivity index (χ3v) is 3.51. The zero-order valence-corrected chi connectivity index (χ0v) is 10.5. The van der Waals surface area contributed by atoms with Crippen molar-refractivity contribution in [2.75, 3.05) is 10.6 Å². The summed E-state index contributed by atoms with van der Waals surface area (Å²) < 4.78 is 1.00. The molecule has 15 heavy (non-hydrogen) atoms. The highest BCUT2D eigenvalue weighted by Gasteiger charge is 2.33. The first kappa shape index (κ1) is 10.5. The fraction of sp³-hybridized carbons (Fsp3) is 0.364. The molecule has 2 rings (SSSR count). The Hall–Kier alpha value is -1.03. The van der Waals surface area contributed by atoms with Crippen LogP contribution in [0.25, 0.3) is 0 Å². The molecule has 1 aliphatic rings. The lowest BCUT2D eigenvalue weighted by Crippen LogP contribution is -2.47. The number of fused-ring (bicyclic) bond motifs is 1. The Balaban J connectivity index is 2.55. The van der Waals surface area contributed by atoms with Crippen LogP contribution in [-0.4, -0.2) is 11.4 Å². The number of hydrogen-bond acceptors (Lipinski definition) is 2. The zero-order chi connectivity index (χ0) is 11.2. The number of carbonyl (C=O) groups is 1. The van der Waals surface area contributed by atoms with E-state index in [0.29, 0.717) is 0 Å². The van der Waals surface area contributed by atoms with Gasteiger partial charge in [-0.15, -0.1) is 0 Å². The minimum absolute atomic E-state index is 0.00352. The average molecular weight is 269 g/mol. The van der Waals surface area contributed by atoms with Gasteiger partial charge in [0.2, 0.25) is 5.91 Å². The monoisotopic (exact) mass is 268 g/mol. The minimum atomic E-state index is -0.548. The van der Waals surface area contributed by atoms with Crippen LogP contribution < -0.4 is 10.6 Å². The Morgan fingerprint density at radius 2 is 2.00 bits per heavy atom. The van der Waals surface area contributed by atoms with Crippen molar-refractivity contribution in [1.82, 2.24) is 0 Å². The molecule has 0 saturated carbocycles. The van der Waals surface area contributed by atoms with Gasteiger partial charge in [0.1, 0.15) is 5.54 Å². The first-order chi connectivity index (χ1) is 6.92. The second-order valence-corrected chi connectivity index (χ2v) is 5.15. The van der Waals surface area contributed by atoms with Crippen LogP contribution >= 0.6 is 15.9 Å². The third-order valence-electron chi connectivity index (χ3n) is 2.65. The highest BCUT2D eigenvalue weighted by molar-refractivity contribution is 9.10. The molecule has 1 heterocycles. The van der Waals surface area contributed by atoms with Crippen LogP contribution in [0.4, 0.5) is 11.4 Å². The number of nitrogens with one attached hydrogen (secondary N) is 2. The van der Waals surface area contributed by atoms with E-state index in [-0.39, 0.29) is 5.91 Å². The number of carbonyl (C=O) groups excluding carboxylic acids is 1. The highest BCUT2D eigenvalue weighted by Crippen LogP contribution is 2.36. The molecule has 1 amide bonds. The van der Waals surface area contributed by atoms with E-state index in [9.17, 15) is 4.79 Å². The molecule has 0 saturated heterocycles. The number of amides is 1. The maximum absolute atomic E-state index is 11.8. The lowest BCUT2D eigenvalue weighted by molar-refractivity contribution is -0.119. The average Bonchev–Trinajstić information content (AvgIpc) is 2.15. The van der Waals surface area contributed by atoms with Gasteiger partial charge >= 0.3 is 0 Å². The molecule has 4 heteroatoms. The summed E-state index contributed by atoms with van der Waals surface area (Å²) in [5.41, 5.74) is 2.34. The quantitative estimate of drug-likeness (QED) is 0.760. The van der Waals surface area contributed by atoms with Gasteiger partial charge in [0.15, 0.2) is 0 Å². The minimum Gasteiger partial charge on any atom is -0.370 e. The van der Waals surface area contributed by atoms with E-state index in [1.165, 1.54) is 0 Å². The van der Waals surface area contributed by atoms with Crippen LogP contribution in [-0.2, 0) is 4.79 Å². The standard InChI is InChI=1S/C11H13BrN2O/c1-6-7(12)4-5-8-9(6)13-10(15)11(2,3)14-8/h4-5,14H,1-3H3,(H,13,15). The summed E-state index contributed by atoms with van der Waals surface area (Å²) in [7, 11) is 0. The number of hydrogen-bond donors (Lipinski definition) is 2. The van der Waals surface area contributed by atoms with Crippen LogP contribution in [0.2, 0.25) is 0 Å². The Bertz CT molecular complexity index is 440. The predicted octanol–water partition coefficient (Wildman–Crippen LogP) is 2.90. The summed E-state index contributed by atoms with van der Waals surface area (Å²) in [5.74, 6) is -0.00352. The number of rotatable bonds is 0. The van der Waals surface area contributed by atoms with E-state index in [1.807, 2.05) is 32.9 Å². The topological polar surface area (TPSA) is 41.1 Å². The molecule has 1 aromatic carbocycles. The van der Waals surface area contributed by atoms with E-state index in [2.05, 4.69) is 26.6 Å². The van der Waals surface area contributed by atoms with Gasteiger partial charge in [-0.05, 0) is 38.5 Å². The Morgan fingerprint density at radius 3 is 2.67 bits per heavy atom. The Morgan fingerprint density at radius 1 is 1.33 bits per heavy atom. The number of anilines is 2. The van der Waals surface area contributed by atoms with Crippen LogP contribution in [0.5, 0.6) is 0 Å². The predicted molar refractivity (Wildman–Crippen MR) is 65.2 cm³/mol. The fourth-order valence-electron chi connectivity index (χ4n) is 1.61. The molecule has 0 spiro atoms. The highest BCUT2D eigenvalue weighted by atomic mass is 79.9. The molecule has 0 fully saturated rings. The third kappa shape index (κ3) is 1.63. The normalized spacial score (nSPS) is 17.7. The van der Waals surface area contributed by atoms with E-state index >= 15 is 0 Å². The molecule has 80 valence electrons. The second kappa shape index (κ2) is 3.23. The van der Waals surface area contributed by atoms with Gasteiger partial charge in [0.05, 0.1) is 11.4 Å². The van der Waals surface area contributed by atoms with E-state index in [1.54, 1.807) is 0 Å². The molecule has 3 nitrogen and oxygen atoms in total.